The van der Waals surface area contributed by atoms with Gasteiger partial charge >= 0.3 is 0 Å². The SMILES string of the molecule is CCC(C)c1ccccc1OCC(=O)NNC(=O)c1cccc(I)c1. The Morgan fingerprint density at radius 1 is 1.12 bits per heavy atom. The Morgan fingerprint density at radius 2 is 1.88 bits per heavy atom. The maximum atomic E-state index is 12.0. The lowest BCUT2D eigenvalue weighted by atomic mass is 9.98. The predicted octanol–water partition coefficient (Wildman–Crippen LogP) is 3.64. The number of rotatable bonds is 6. The molecule has 6 heteroatoms. The highest BCUT2D eigenvalue weighted by Crippen LogP contribution is 2.28. The van der Waals surface area contributed by atoms with Crippen LogP contribution in [0.4, 0.5) is 0 Å². The summed E-state index contributed by atoms with van der Waals surface area (Å²) in [5, 5.41) is 0. The van der Waals surface area contributed by atoms with E-state index >= 15 is 0 Å². The summed E-state index contributed by atoms with van der Waals surface area (Å²) in [7, 11) is 0. The zero-order valence-electron chi connectivity index (χ0n) is 14.2. The van der Waals surface area contributed by atoms with Gasteiger partial charge in [0.2, 0.25) is 0 Å². The van der Waals surface area contributed by atoms with Crippen molar-refractivity contribution in [1.82, 2.24) is 10.9 Å². The molecule has 0 saturated heterocycles. The minimum absolute atomic E-state index is 0.167. The molecule has 0 fully saturated rings. The quantitative estimate of drug-likeness (QED) is 0.520. The standard InChI is InChI=1S/C19H21IN2O3/c1-3-13(2)16-9-4-5-10-17(16)25-12-18(23)21-22-19(24)14-7-6-8-15(20)11-14/h4-11,13H,3,12H2,1-2H3,(H,21,23)(H,22,24). The van der Waals surface area contributed by atoms with Crippen LogP contribution in [0.1, 0.15) is 42.1 Å². The molecule has 0 heterocycles. The number of para-hydroxylation sites is 1. The fraction of sp³-hybridized carbons (Fsp3) is 0.263. The van der Waals surface area contributed by atoms with Crippen LogP contribution in [0, 0.1) is 3.57 Å². The van der Waals surface area contributed by atoms with Gasteiger partial charge in [-0.1, -0.05) is 38.1 Å². The number of hydrogen-bond acceptors (Lipinski definition) is 3. The monoisotopic (exact) mass is 452 g/mol. The zero-order chi connectivity index (χ0) is 18.2. The highest BCUT2D eigenvalue weighted by molar-refractivity contribution is 14.1. The summed E-state index contributed by atoms with van der Waals surface area (Å²) < 4.78 is 6.56. The molecule has 1 unspecified atom stereocenters. The van der Waals surface area contributed by atoms with Crippen molar-refractivity contribution in [1.29, 1.82) is 0 Å². The minimum atomic E-state index is -0.419. The molecule has 2 aromatic rings. The number of nitrogens with one attached hydrogen (secondary N) is 2. The Kier molecular flexibility index (Phi) is 7.24. The average Bonchev–Trinajstić information content (AvgIpc) is 2.64. The molecule has 0 radical (unpaired) electrons. The smallest absolute Gasteiger partial charge is 0.276 e. The lowest BCUT2D eigenvalue weighted by Crippen LogP contribution is -2.43. The highest BCUT2D eigenvalue weighted by Gasteiger charge is 2.12. The number of hydrogen-bond donors (Lipinski definition) is 2. The summed E-state index contributed by atoms with van der Waals surface area (Å²) in [5.41, 5.74) is 6.31. The number of carbonyl (C=O) groups is 2. The van der Waals surface area contributed by atoms with Gasteiger partial charge in [-0.3, -0.25) is 20.4 Å². The van der Waals surface area contributed by atoms with E-state index in [2.05, 4.69) is 47.3 Å². The lowest BCUT2D eigenvalue weighted by Gasteiger charge is -2.15. The van der Waals surface area contributed by atoms with Gasteiger partial charge in [-0.05, 0) is 64.8 Å². The largest absolute Gasteiger partial charge is 0.483 e. The third kappa shape index (κ3) is 5.74. The second-order valence-electron chi connectivity index (χ2n) is 5.65. The number of hydrazine groups is 1. The van der Waals surface area contributed by atoms with Crippen molar-refractivity contribution in [2.75, 3.05) is 6.61 Å². The molecule has 0 aliphatic heterocycles. The van der Waals surface area contributed by atoms with Crippen molar-refractivity contribution in [3.05, 3.63) is 63.2 Å². The van der Waals surface area contributed by atoms with E-state index in [1.807, 2.05) is 30.3 Å². The summed E-state index contributed by atoms with van der Waals surface area (Å²) in [5.74, 6) is 0.250. The summed E-state index contributed by atoms with van der Waals surface area (Å²) in [6.07, 6.45) is 0.985. The summed E-state index contributed by atoms with van der Waals surface area (Å²) in [6, 6.07) is 14.8. The van der Waals surface area contributed by atoms with Gasteiger partial charge in [-0.2, -0.15) is 0 Å². The maximum absolute atomic E-state index is 12.0. The molecule has 2 amide bonds. The molecule has 0 spiro atoms. The van der Waals surface area contributed by atoms with E-state index in [9.17, 15) is 9.59 Å². The predicted molar refractivity (Wildman–Crippen MR) is 105 cm³/mol. The molecular weight excluding hydrogens is 431 g/mol. The van der Waals surface area contributed by atoms with E-state index in [-0.39, 0.29) is 12.5 Å². The number of halogens is 1. The molecule has 0 saturated carbocycles. The maximum Gasteiger partial charge on any atom is 0.276 e. The molecule has 0 aromatic heterocycles. The van der Waals surface area contributed by atoms with Gasteiger partial charge in [-0.15, -0.1) is 0 Å². The topological polar surface area (TPSA) is 67.4 Å². The summed E-state index contributed by atoms with van der Waals surface area (Å²) in [4.78, 5) is 23.9. The molecule has 1 atom stereocenters. The fourth-order valence-electron chi connectivity index (χ4n) is 2.25. The summed E-state index contributed by atoms with van der Waals surface area (Å²) in [6.45, 7) is 4.05. The van der Waals surface area contributed by atoms with Gasteiger partial charge < -0.3 is 4.74 Å². The van der Waals surface area contributed by atoms with Crippen molar-refractivity contribution in [2.24, 2.45) is 0 Å². The van der Waals surface area contributed by atoms with E-state index in [4.69, 9.17) is 4.74 Å². The summed E-state index contributed by atoms with van der Waals surface area (Å²) >= 11 is 2.12. The normalized spacial score (nSPS) is 11.5. The molecule has 2 N–H and O–H groups in total. The first kappa shape index (κ1) is 19.2. The molecule has 2 rings (SSSR count). The minimum Gasteiger partial charge on any atom is -0.483 e. The van der Waals surface area contributed by atoms with Crippen LogP contribution in [-0.4, -0.2) is 18.4 Å². The van der Waals surface area contributed by atoms with Crippen LogP contribution in [0.5, 0.6) is 5.75 Å². The molecule has 0 aliphatic rings. The van der Waals surface area contributed by atoms with Crippen molar-refractivity contribution in [3.63, 3.8) is 0 Å². The molecule has 0 aliphatic carbocycles. The molecule has 132 valence electrons. The van der Waals surface area contributed by atoms with Gasteiger partial charge in [0.25, 0.3) is 11.8 Å². The van der Waals surface area contributed by atoms with E-state index in [0.29, 0.717) is 17.2 Å². The van der Waals surface area contributed by atoms with E-state index in [1.54, 1.807) is 18.2 Å². The Morgan fingerprint density at radius 3 is 2.60 bits per heavy atom. The molecular formula is C19H21IN2O3. The molecule has 25 heavy (non-hydrogen) atoms. The third-order valence-electron chi connectivity index (χ3n) is 3.82. The van der Waals surface area contributed by atoms with Crippen LogP contribution in [0.2, 0.25) is 0 Å². The molecule has 5 nitrogen and oxygen atoms in total. The Bertz CT molecular complexity index is 749. The van der Waals surface area contributed by atoms with Crippen molar-refractivity contribution >= 4 is 34.4 Å². The van der Waals surface area contributed by atoms with E-state index < -0.39 is 5.91 Å². The van der Waals surface area contributed by atoms with Crippen LogP contribution in [0.15, 0.2) is 48.5 Å². The average molecular weight is 452 g/mol. The van der Waals surface area contributed by atoms with Gasteiger partial charge in [0, 0.05) is 9.13 Å². The van der Waals surface area contributed by atoms with E-state index in [0.717, 1.165) is 15.6 Å². The second kappa shape index (κ2) is 9.41. The lowest BCUT2D eigenvalue weighted by molar-refractivity contribution is -0.123. The van der Waals surface area contributed by atoms with Gasteiger partial charge in [0.1, 0.15) is 5.75 Å². The fourth-order valence-corrected chi connectivity index (χ4v) is 2.79. The first-order chi connectivity index (χ1) is 12.0. The van der Waals surface area contributed by atoms with Crippen LogP contribution >= 0.6 is 22.6 Å². The number of carbonyl (C=O) groups excluding carboxylic acids is 2. The Labute approximate surface area is 161 Å². The molecule has 0 bridgehead atoms. The van der Waals surface area contributed by atoms with Gasteiger partial charge in [-0.25, -0.2) is 0 Å². The highest BCUT2D eigenvalue weighted by atomic mass is 127. The Hall–Kier alpha value is -2.09. The van der Waals surface area contributed by atoms with Crippen molar-refractivity contribution < 1.29 is 14.3 Å². The van der Waals surface area contributed by atoms with Gasteiger partial charge in [0.05, 0.1) is 0 Å². The first-order valence-electron chi connectivity index (χ1n) is 8.07. The van der Waals surface area contributed by atoms with Crippen LogP contribution < -0.4 is 15.6 Å². The Balaban J connectivity index is 1.86. The number of amides is 2. The van der Waals surface area contributed by atoms with Gasteiger partial charge in [0.15, 0.2) is 6.61 Å². The van der Waals surface area contributed by atoms with Crippen molar-refractivity contribution in [3.8, 4) is 5.75 Å². The third-order valence-corrected chi connectivity index (χ3v) is 4.49. The first-order valence-corrected chi connectivity index (χ1v) is 9.15. The van der Waals surface area contributed by atoms with E-state index in [1.165, 1.54) is 0 Å². The zero-order valence-corrected chi connectivity index (χ0v) is 16.4. The van der Waals surface area contributed by atoms with Crippen molar-refractivity contribution in [2.45, 2.75) is 26.2 Å². The second-order valence-corrected chi connectivity index (χ2v) is 6.89. The molecule has 2 aromatic carbocycles. The van der Waals surface area contributed by atoms with Crippen LogP contribution in [0.3, 0.4) is 0 Å². The number of benzene rings is 2. The van der Waals surface area contributed by atoms with Crippen LogP contribution in [-0.2, 0) is 4.79 Å². The number of ether oxygens (including phenoxy) is 1. The van der Waals surface area contributed by atoms with Crippen LogP contribution in [0.25, 0.3) is 0 Å².